The predicted molar refractivity (Wildman–Crippen MR) is 111 cm³/mol. The minimum Gasteiger partial charge on any atom is -0.378 e. The van der Waals surface area contributed by atoms with E-state index in [-0.39, 0.29) is 11.9 Å². The Balaban J connectivity index is 1.74. The van der Waals surface area contributed by atoms with Crippen LogP contribution in [0.3, 0.4) is 0 Å². The first kappa shape index (κ1) is 18.9. The fourth-order valence-corrected chi connectivity index (χ4v) is 3.90. The number of likely N-dealkylation sites (tertiary alicyclic amines) is 1. The Morgan fingerprint density at radius 2 is 1.77 bits per heavy atom. The summed E-state index contributed by atoms with van der Waals surface area (Å²) in [5.41, 5.74) is 3.12. The van der Waals surface area contributed by atoms with Crippen LogP contribution in [0.4, 0.5) is 5.69 Å². The maximum atomic E-state index is 12.6. The lowest BCUT2D eigenvalue weighted by Crippen LogP contribution is -2.36. The molecule has 1 unspecified atom stereocenters. The van der Waals surface area contributed by atoms with E-state index in [1.807, 2.05) is 38.4 Å². The lowest BCUT2D eigenvalue weighted by Gasteiger charge is -2.28. The normalized spacial score (nSPS) is 15.7. The van der Waals surface area contributed by atoms with Gasteiger partial charge in [0.15, 0.2) is 0 Å². The molecule has 0 spiro atoms. The van der Waals surface area contributed by atoms with Gasteiger partial charge in [-0.1, -0.05) is 24.3 Å². The van der Waals surface area contributed by atoms with E-state index in [1.165, 1.54) is 24.1 Å². The predicted octanol–water partition coefficient (Wildman–Crippen LogP) is 4.08. The van der Waals surface area contributed by atoms with Crippen LogP contribution in [0, 0.1) is 0 Å². The molecule has 26 heavy (non-hydrogen) atoms. The average Bonchev–Trinajstić information content (AvgIpc) is 3.17. The molecule has 0 aromatic heterocycles. The van der Waals surface area contributed by atoms with E-state index in [4.69, 9.17) is 0 Å². The Labute approximate surface area is 164 Å². The number of hydrogen-bond donors (Lipinski definition) is 1. The highest BCUT2D eigenvalue weighted by Gasteiger charge is 2.24. The number of benzene rings is 2. The third-order valence-electron chi connectivity index (χ3n) is 4.95. The van der Waals surface area contributed by atoms with Gasteiger partial charge in [-0.05, 0) is 71.7 Å². The van der Waals surface area contributed by atoms with Crippen molar-refractivity contribution in [1.29, 1.82) is 0 Å². The van der Waals surface area contributed by atoms with Crippen LogP contribution in [-0.4, -0.2) is 44.5 Å². The van der Waals surface area contributed by atoms with Gasteiger partial charge in [0.1, 0.15) is 0 Å². The molecule has 4 nitrogen and oxygen atoms in total. The van der Waals surface area contributed by atoms with Gasteiger partial charge in [0.2, 0.25) is 0 Å². The molecule has 0 saturated carbocycles. The summed E-state index contributed by atoms with van der Waals surface area (Å²) in [4.78, 5) is 17.2. The lowest BCUT2D eigenvalue weighted by atomic mass is 10.0. The molecular weight excluding hydrogens is 390 g/mol. The molecule has 0 bridgehead atoms. The second-order valence-corrected chi connectivity index (χ2v) is 7.79. The number of nitrogens with zero attached hydrogens (tertiary/aromatic N) is 2. The molecule has 1 heterocycles. The van der Waals surface area contributed by atoms with Crippen molar-refractivity contribution in [2.45, 2.75) is 18.9 Å². The first-order valence-electron chi connectivity index (χ1n) is 9.10. The topological polar surface area (TPSA) is 35.6 Å². The maximum absolute atomic E-state index is 12.6. The summed E-state index contributed by atoms with van der Waals surface area (Å²) in [6.07, 6.45) is 2.45. The molecule has 2 aromatic carbocycles. The zero-order chi connectivity index (χ0) is 18.5. The Bertz CT molecular complexity index is 739. The minimum absolute atomic E-state index is 0.0356. The third-order valence-corrected chi connectivity index (χ3v) is 5.64. The number of nitrogens with one attached hydrogen (secondary N) is 1. The fraction of sp³-hybridized carbons (Fsp3) is 0.381. The molecule has 0 aliphatic carbocycles. The SMILES string of the molecule is CN(C)c1ccc(C(CNC(=O)c2ccccc2Br)N2CCCC2)cc1. The minimum atomic E-state index is -0.0356. The fourth-order valence-electron chi connectivity index (χ4n) is 3.44. The summed E-state index contributed by atoms with van der Waals surface area (Å²) in [7, 11) is 4.09. The molecule has 2 aromatic rings. The Morgan fingerprint density at radius 1 is 1.12 bits per heavy atom. The summed E-state index contributed by atoms with van der Waals surface area (Å²) in [6, 6.07) is 16.4. The average molecular weight is 416 g/mol. The monoisotopic (exact) mass is 415 g/mol. The summed E-state index contributed by atoms with van der Waals surface area (Å²) in [5, 5.41) is 3.13. The van der Waals surface area contributed by atoms with Crippen molar-refractivity contribution in [3.05, 3.63) is 64.1 Å². The van der Waals surface area contributed by atoms with Crippen LogP contribution in [0.2, 0.25) is 0 Å². The van der Waals surface area contributed by atoms with Crippen molar-refractivity contribution < 1.29 is 4.79 Å². The van der Waals surface area contributed by atoms with E-state index in [0.29, 0.717) is 12.1 Å². The summed E-state index contributed by atoms with van der Waals surface area (Å²) >= 11 is 3.46. The van der Waals surface area contributed by atoms with Gasteiger partial charge in [-0.15, -0.1) is 0 Å². The van der Waals surface area contributed by atoms with Crippen LogP contribution >= 0.6 is 15.9 Å². The maximum Gasteiger partial charge on any atom is 0.252 e. The molecule has 1 aliphatic rings. The standard InChI is InChI=1S/C21H26BrN3O/c1-24(2)17-11-9-16(10-12-17)20(25-13-5-6-14-25)15-23-21(26)18-7-3-4-8-19(18)22/h3-4,7-12,20H,5-6,13-15H2,1-2H3,(H,23,26). The van der Waals surface area contributed by atoms with Crippen LogP contribution in [-0.2, 0) is 0 Å². The van der Waals surface area contributed by atoms with Crippen molar-refractivity contribution >= 4 is 27.5 Å². The van der Waals surface area contributed by atoms with Crippen LogP contribution in [0.15, 0.2) is 53.0 Å². The van der Waals surface area contributed by atoms with E-state index < -0.39 is 0 Å². The molecule has 1 amide bonds. The third kappa shape index (κ3) is 4.46. The molecular formula is C21H26BrN3O. The Kier molecular flexibility index (Phi) is 6.33. The number of amides is 1. The van der Waals surface area contributed by atoms with Crippen molar-refractivity contribution in [2.75, 3.05) is 38.6 Å². The van der Waals surface area contributed by atoms with Gasteiger partial charge in [0.25, 0.3) is 5.91 Å². The van der Waals surface area contributed by atoms with Crippen LogP contribution in [0.1, 0.15) is 34.8 Å². The van der Waals surface area contributed by atoms with Crippen LogP contribution in [0.25, 0.3) is 0 Å². The van der Waals surface area contributed by atoms with Crippen molar-refractivity contribution in [3.63, 3.8) is 0 Å². The second kappa shape index (κ2) is 8.69. The van der Waals surface area contributed by atoms with Gasteiger partial charge in [-0.2, -0.15) is 0 Å². The smallest absolute Gasteiger partial charge is 0.252 e. The zero-order valence-electron chi connectivity index (χ0n) is 15.4. The van der Waals surface area contributed by atoms with E-state index in [1.54, 1.807) is 0 Å². The number of carbonyl (C=O) groups excluding carboxylic acids is 1. The lowest BCUT2D eigenvalue weighted by molar-refractivity contribution is 0.0937. The Hall–Kier alpha value is -1.85. The summed E-state index contributed by atoms with van der Waals surface area (Å²) < 4.78 is 0.825. The van der Waals surface area contributed by atoms with E-state index in [2.05, 4.69) is 55.3 Å². The van der Waals surface area contributed by atoms with Crippen LogP contribution < -0.4 is 10.2 Å². The molecule has 1 saturated heterocycles. The van der Waals surface area contributed by atoms with E-state index >= 15 is 0 Å². The van der Waals surface area contributed by atoms with Crippen molar-refractivity contribution in [2.24, 2.45) is 0 Å². The molecule has 138 valence electrons. The number of hydrogen-bond acceptors (Lipinski definition) is 3. The van der Waals surface area contributed by atoms with Gasteiger partial charge >= 0.3 is 0 Å². The van der Waals surface area contributed by atoms with E-state index in [0.717, 1.165) is 17.6 Å². The van der Waals surface area contributed by atoms with Gasteiger partial charge in [0, 0.05) is 30.8 Å². The second-order valence-electron chi connectivity index (χ2n) is 6.93. The quantitative estimate of drug-likeness (QED) is 0.771. The highest BCUT2D eigenvalue weighted by atomic mass is 79.9. The molecule has 0 radical (unpaired) electrons. The number of anilines is 1. The molecule has 1 N–H and O–H groups in total. The molecule has 1 fully saturated rings. The summed E-state index contributed by atoms with van der Waals surface area (Å²) in [6.45, 7) is 2.79. The van der Waals surface area contributed by atoms with Gasteiger partial charge in [-0.25, -0.2) is 0 Å². The molecule has 1 aliphatic heterocycles. The summed E-state index contributed by atoms with van der Waals surface area (Å²) in [5.74, 6) is -0.0356. The first-order chi connectivity index (χ1) is 12.6. The number of carbonyl (C=O) groups is 1. The van der Waals surface area contributed by atoms with Gasteiger partial charge < -0.3 is 10.2 Å². The van der Waals surface area contributed by atoms with Crippen LogP contribution in [0.5, 0.6) is 0 Å². The number of rotatable bonds is 6. The van der Waals surface area contributed by atoms with E-state index in [9.17, 15) is 4.79 Å². The molecule has 1 atom stereocenters. The van der Waals surface area contributed by atoms with Gasteiger partial charge in [-0.3, -0.25) is 9.69 Å². The molecule has 3 rings (SSSR count). The first-order valence-corrected chi connectivity index (χ1v) is 9.89. The Morgan fingerprint density at radius 3 is 2.38 bits per heavy atom. The zero-order valence-corrected chi connectivity index (χ0v) is 17.0. The highest BCUT2D eigenvalue weighted by molar-refractivity contribution is 9.10. The van der Waals surface area contributed by atoms with Crippen molar-refractivity contribution in [3.8, 4) is 0 Å². The number of halogens is 1. The van der Waals surface area contributed by atoms with Gasteiger partial charge in [0.05, 0.1) is 11.6 Å². The molecule has 5 heteroatoms. The largest absolute Gasteiger partial charge is 0.378 e. The van der Waals surface area contributed by atoms with Crippen molar-refractivity contribution in [1.82, 2.24) is 10.2 Å². The highest BCUT2D eigenvalue weighted by Crippen LogP contribution is 2.26.